The number of alkyl carbamates (subject to hydrolysis) is 1. The fourth-order valence-electron chi connectivity index (χ4n) is 3.23. The molecule has 1 aliphatic rings. The van der Waals surface area contributed by atoms with E-state index >= 15 is 0 Å². The van der Waals surface area contributed by atoms with Gasteiger partial charge in [0, 0.05) is 18.6 Å². The van der Waals surface area contributed by atoms with Crippen LogP contribution in [0.15, 0.2) is 24.3 Å². The first-order chi connectivity index (χ1) is 11.3. The number of benzene rings is 1. The third kappa shape index (κ3) is 6.16. The maximum absolute atomic E-state index is 12.2. The monoisotopic (exact) mass is 332 g/mol. The van der Waals surface area contributed by atoms with Crippen LogP contribution in [0.25, 0.3) is 0 Å². The van der Waals surface area contributed by atoms with Crippen molar-refractivity contribution in [1.29, 1.82) is 0 Å². The van der Waals surface area contributed by atoms with Gasteiger partial charge >= 0.3 is 6.09 Å². The third-order valence-corrected chi connectivity index (χ3v) is 4.53. The molecule has 2 unspecified atom stereocenters. The summed E-state index contributed by atoms with van der Waals surface area (Å²) in [5.41, 5.74) is 2.16. The van der Waals surface area contributed by atoms with Crippen LogP contribution in [-0.4, -0.2) is 23.8 Å². The SMILES string of the molecule is Cc1ccccc1CNC1CCCCCC1NC(=O)OC(C)(C)C. The number of aryl methyl sites for hydroxylation is 1. The summed E-state index contributed by atoms with van der Waals surface area (Å²) in [6.07, 6.45) is 5.38. The number of hydrogen-bond acceptors (Lipinski definition) is 3. The summed E-state index contributed by atoms with van der Waals surface area (Å²) < 4.78 is 5.43. The van der Waals surface area contributed by atoms with Gasteiger partial charge in [0.05, 0.1) is 0 Å². The van der Waals surface area contributed by atoms with Crippen molar-refractivity contribution in [3.05, 3.63) is 35.4 Å². The summed E-state index contributed by atoms with van der Waals surface area (Å²) in [7, 11) is 0. The lowest BCUT2D eigenvalue weighted by Crippen LogP contribution is -2.50. The van der Waals surface area contributed by atoms with E-state index in [4.69, 9.17) is 4.74 Å². The molecule has 134 valence electrons. The van der Waals surface area contributed by atoms with Gasteiger partial charge in [-0.2, -0.15) is 0 Å². The van der Waals surface area contributed by atoms with E-state index in [1.165, 1.54) is 24.0 Å². The van der Waals surface area contributed by atoms with Crippen LogP contribution in [0.3, 0.4) is 0 Å². The summed E-state index contributed by atoms with van der Waals surface area (Å²) in [6, 6.07) is 8.87. The molecule has 24 heavy (non-hydrogen) atoms. The predicted octanol–water partition coefficient (Wildman–Crippen LogP) is 4.31. The first kappa shape index (κ1) is 18.8. The fraction of sp³-hybridized carbons (Fsp3) is 0.650. The molecule has 1 aliphatic carbocycles. The van der Waals surface area contributed by atoms with Crippen LogP contribution in [0.2, 0.25) is 0 Å². The second-order valence-corrected chi connectivity index (χ2v) is 7.80. The molecule has 1 aromatic rings. The van der Waals surface area contributed by atoms with Crippen molar-refractivity contribution in [3.8, 4) is 0 Å². The maximum Gasteiger partial charge on any atom is 0.407 e. The van der Waals surface area contributed by atoms with E-state index in [1.807, 2.05) is 20.8 Å². The van der Waals surface area contributed by atoms with Crippen LogP contribution in [0.1, 0.15) is 64.0 Å². The van der Waals surface area contributed by atoms with Crippen LogP contribution >= 0.6 is 0 Å². The molecule has 0 aliphatic heterocycles. The number of rotatable bonds is 4. The molecule has 1 amide bonds. The van der Waals surface area contributed by atoms with E-state index in [0.717, 1.165) is 25.8 Å². The summed E-state index contributed by atoms with van der Waals surface area (Å²) in [4.78, 5) is 12.2. The highest BCUT2D eigenvalue weighted by Crippen LogP contribution is 2.20. The molecule has 0 bridgehead atoms. The highest BCUT2D eigenvalue weighted by atomic mass is 16.6. The van der Waals surface area contributed by atoms with Gasteiger partial charge in [-0.05, 0) is 51.7 Å². The summed E-state index contributed by atoms with van der Waals surface area (Å²) >= 11 is 0. The summed E-state index contributed by atoms with van der Waals surface area (Å²) in [5.74, 6) is 0. The molecule has 0 aromatic heterocycles. The minimum absolute atomic E-state index is 0.131. The Morgan fingerprint density at radius 2 is 1.79 bits per heavy atom. The zero-order valence-electron chi connectivity index (χ0n) is 15.5. The lowest BCUT2D eigenvalue weighted by molar-refractivity contribution is 0.0489. The van der Waals surface area contributed by atoms with Gasteiger partial charge in [0.15, 0.2) is 0 Å². The molecule has 2 rings (SSSR count). The molecule has 4 heteroatoms. The highest BCUT2D eigenvalue weighted by Gasteiger charge is 2.27. The quantitative estimate of drug-likeness (QED) is 0.808. The molecule has 1 saturated carbocycles. The van der Waals surface area contributed by atoms with Gasteiger partial charge in [-0.3, -0.25) is 0 Å². The van der Waals surface area contributed by atoms with Crippen LogP contribution in [0.4, 0.5) is 4.79 Å². The number of carbonyl (C=O) groups is 1. The first-order valence-corrected chi connectivity index (χ1v) is 9.12. The van der Waals surface area contributed by atoms with E-state index in [-0.39, 0.29) is 12.1 Å². The van der Waals surface area contributed by atoms with Gasteiger partial charge in [0.2, 0.25) is 0 Å². The number of nitrogens with one attached hydrogen (secondary N) is 2. The minimum Gasteiger partial charge on any atom is -0.444 e. The fourth-order valence-corrected chi connectivity index (χ4v) is 3.23. The summed E-state index contributed by atoms with van der Waals surface area (Å²) in [6.45, 7) is 8.67. The third-order valence-electron chi connectivity index (χ3n) is 4.53. The van der Waals surface area contributed by atoms with E-state index in [1.54, 1.807) is 0 Å². The molecule has 1 fully saturated rings. The van der Waals surface area contributed by atoms with Crippen molar-refractivity contribution in [2.75, 3.05) is 0 Å². The van der Waals surface area contributed by atoms with Gasteiger partial charge in [0.1, 0.15) is 5.60 Å². The smallest absolute Gasteiger partial charge is 0.407 e. The largest absolute Gasteiger partial charge is 0.444 e. The van der Waals surface area contributed by atoms with Crippen LogP contribution in [0, 0.1) is 6.92 Å². The van der Waals surface area contributed by atoms with Gasteiger partial charge in [0.25, 0.3) is 0 Å². The van der Waals surface area contributed by atoms with E-state index in [0.29, 0.717) is 6.04 Å². The molecule has 2 atom stereocenters. The lowest BCUT2D eigenvalue weighted by Gasteiger charge is -2.29. The Morgan fingerprint density at radius 3 is 2.46 bits per heavy atom. The molecule has 0 saturated heterocycles. The molecule has 2 N–H and O–H groups in total. The molecule has 4 nitrogen and oxygen atoms in total. The zero-order valence-corrected chi connectivity index (χ0v) is 15.5. The molecule has 0 radical (unpaired) electrons. The minimum atomic E-state index is -0.459. The number of carbonyl (C=O) groups excluding carboxylic acids is 1. The predicted molar refractivity (Wildman–Crippen MR) is 98.0 cm³/mol. The molecule has 0 heterocycles. The van der Waals surface area contributed by atoms with Crippen molar-refractivity contribution in [2.24, 2.45) is 0 Å². The van der Waals surface area contributed by atoms with Gasteiger partial charge in [-0.25, -0.2) is 4.79 Å². The van der Waals surface area contributed by atoms with Crippen molar-refractivity contribution < 1.29 is 9.53 Å². The Morgan fingerprint density at radius 1 is 1.12 bits per heavy atom. The van der Waals surface area contributed by atoms with Crippen molar-refractivity contribution in [2.45, 2.75) is 84.0 Å². The molecule has 0 spiro atoms. The van der Waals surface area contributed by atoms with Gasteiger partial charge in [-0.15, -0.1) is 0 Å². The van der Waals surface area contributed by atoms with Crippen molar-refractivity contribution in [3.63, 3.8) is 0 Å². The Kier molecular flexibility index (Phi) is 6.67. The maximum atomic E-state index is 12.2. The Labute approximate surface area is 146 Å². The first-order valence-electron chi connectivity index (χ1n) is 9.12. The number of ether oxygens (including phenoxy) is 1. The average molecular weight is 332 g/mol. The van der Waals surface area contributed by atoms with Crippen LogP contribution in [-0.2, 0) is 11.3 Å². The topological polar surface area (TPSA) is 50.4 Å². The van der Waals surface area contributed by atoms with Crippen molar-refractivity contribution >= 4 is 6.09 Å². The van der Waals surface area contributed by atoms with Gasteiger partial charge < -0.3 is 15.4 Å². The highest BCUT2D eigenvalue weighted by molar-refractivity contribution is 5.68. The lowest BCUT2D eigenvalue weighted by atomic mass is 10.0. The molecule has 1 aromatic carbocycles. The van der Waals surface area contributed by atoms with E-state index < -0.39 is 5.60 Å². The Balaban J connectivity index is 1.96. The van der Waals surface area contributed by atoms with Crippen molar-refractivity contribution in [1.82, 2.24) is 10.6 Å². The zero-order chi connectivity index (χ0) is 17.6. The normalized spacial score (nSPS) is 21.8. The second kappa shape index (κ2) is 8.52. The Hall–Kier alpha value is -1.55. The molecular weight excluding hydrogens is 300 g/mol. The van der Waals surface area contributed by atoms with Crippen LogP contribution in [0.5, 0.6) is 0 Å². The standard InChI is InChI=1S/C20H32N2O2/c1-15-10-8-9-11-16(15)14-21-17-12-6-5-7-13-18(17)22-19(23)24-20(2,3)4/h8-11,17-18,21H,5-7,12-14H2,1-4H3,(H,22,23). The second-order valence-electron chi connectivity index (χ2n) is 7.80. The van der Waals surface area contributed by atoms with Gasteiger partial charge in [-0.1, -0.05) is 43.5 Å². The number of hydrogen-bond donors (Lipinski definition) is 2. The Bertz CT molecular complexity index is 537. The number of amides is 1. The summed E-state index contributed by atoms with van der Waals surface area (Å²) in [5, 5.41) is 6.76. The van der Waals surface area contributed by atoms with E-state index in [9.17, 15) is 4.79 Å². The van der Waals surface area contributed by atoms with E-state index in [2.05, 4.69) is 41.8 Å². The van der Waals surface area contributed by atoms with Crippen LogP contribution < -0.4 is 10.6 Å². The average Bonchev–Trinajstić information content (AvgIpc) is 2.70. The molecular formula is C20H32N2O2.